The number of rotatable bonds is 24. The van der Waals surface area contributed by atoms with Crippen LogP contribution in [0.3, 0.4) is 0 Å². The van der Waals surface area contributed by atoms with Gasteiger partial charge in [0.1, 0.15) is 59.4 Å². The normalized spacial score (nSPS) is 27.9. The zero-order chi connectivity index (χ0) is 55.9. The second-order valence-corrected chi connectivity index (χ2v) is 22.5. The monoisotopic (exact) mass is 1110 g/mol. The summed E-state index contributed by atoms with van der Waals surface area (Å²) in [5.74, 6) is -0.209. The van der Waals surface area contributed by atoms with E-state index in [0.29, 0.717) is 37.9 Å². The van der Waals surface area contributed by atoms with E-state index >= 15 is 0 Å². The number of likely N-dealkylation sites (N-methyl/N-ethyl adjacent to an activating group) is 1. The number of amides is 2. The lowest BCUT2D eigenvalue weighted by Gasteiger charge is -2.46. The van der Waals surface area contributed by atoms with Crippen LogP contribution in [0.5, 0.6) is 0 Å². The molecule has 2 saturated heterocycles. The summed E-state index contributed by atoms with van der Waals surface area (Å²) in [6.07, 6.45) is -6.07. The van der Waals surface area contributed by atoms with Crippen molar-refractivity contribution in [1.82, 2.24) is 5.32 Å². The standard InChI is InChI=1S/C50H70N4O20S2/c1-6-53-33-18-16-29(75(63,64)65)25-31(33)49(2,3)37(53)13-9-7-10-14-38-50(4,5)32-26-30(76(66,67)68)17-19-34(32)54(38)21-12-8-11-15-39(57)52-20-22-69-23-24-70-47-45(42(60)40(58)35(27-55)72-47)73-46-43(61)44(74-48(51)62)41(59)36(28-56)71-46/h7,9-10,13-14,16-19,25-26,35-36,40-47,55-56,58-61H,6,8,11-12,15,20-24,27-28H2,1-5H3,(H4-,51,52,57,62,63,64,65,66,67,68)/t35-,36+,40-,41+,42+,43-,44-,45-,46+,47?/m0/s1. The van der Waals surface area contributed by atoms with E-state index in [1.54, 1.807) is 12.1 Å². The number of aliphatic hydroxyl groups is 6. The first-order chi connectivity index (χ1) is 35.8. The molecule has 6 rings (SSSR count). The fraction of sp³-hybridized carbons (Fsp3) is 0.580. The number of fused-ring (bicyclic) bond motifs is 2. The van der Waals surface area contributed by atoms with Gasteiger partial charge >= 0.3 is 6.09 Å². The summed E-state index contributed by atoms with van der Waals surface area (Å²) >= 11 is 0. The molecule has 10 N–H and O–H groups in total. The number of carbonyl (C=O) groups is 2. The SMILES string of the molecule is CCN1C(=CC=CC=CC2=[N+](CCCCCC(=O)NCCOCCOC3O[C@@H](CO)[C@H](O)[C@@H](O)[C@@H]3O[C@H]3O[C@H](CO)[C@@H](O)[C@H](OC(N)=O)[C@@H]3O)c3ccc(S(=O)(=O)O)cc3C2(C)C)C(C)(C)c2cc(S(=O)(=O)[O-])ccc21. The molecular weight excluding hydrogens is 1040 g/mol. The highest BCUT2D eigenvalue weighted by Gasteiger charge is 2.52. The predicted molar refractivity (Wildman–Crippen MR) is 269 cm³/mol. The number of ether oxygens (including phenoxy) is 6. The third-order valence-electron chi connectivity index (χ3n) is 13.9. The van der Waals surface area contributed by atoms with Crippen molar-refractivity contribution in [3.05, 3.63) is 83.6 Å². The van der Waals surface area contributed by atoms with E-state index in [0.717, 1.165) is 28.3 Å². The summed E-state index contributed by atoms with van der Waals surface area (Å²) in [5.41, 5.74) is 8.58. The van der Waals surface area contributed by atoms with Crippen LogP contribution >= 0.6 is 0 Å². The number of primary amides is 1. The number of hydrogen-bond donors (Lipinski definition) is 9. The highest BCUT2D eigenvalue weighted by Crippen LogP contribution is 2.48. The van der Waals surface area contributed by atoms with E-state index < -0.39 is 112 Å². The van der Waals surface area contributed by atoms with Gasteiger partial charge in [0, 0.05) is 60.4 Å². The number of carbonyl (C=O) groups excluding carboxylic acids is 2. The third kappa shape index (κ3) is 13.7. The maximum Gasteiger partial charge on any atom is 0.404 e. The van der Waals surface area contributed by atoms with Gasteiger partial charge in [0.05, 0.1) is 48.2 Å². The van der Waals surface area contributed by atoms with Gasteiger partial charge in [-0.25, -0.2) is 13.2 Å². The maximum absolute atomic E-state index is 12.8. The minimum absolute atomic E-state index is 0.0505. The Morgan fingerprint density at radius 2 is 1.49 bits per heavy atom. The highest BCUT2D eigenvalue weighted by atomic mass is 32.2. The quantitative estimate of drug-likeness (QED) is 0.0298. The fourth-order valence-electron chi connectivity index (χ4n) is 9.90. The first kappa shape index (κ1) is 60.5. The minimum atomic E-state index is -4.65. The van der Waals surface area contributed by atoms with Gasteiger partial charge < -0.3 is 79.6 Å². The van der Waals surface area contributed by atoms with Crippen molar-refractivity contribution < 1.29 is 99.2 Å². The van der Waals surface area contributed by atoms with Crippen LogP contribution in [0.1, 0.15) is 71.4 Å². The van der Waals surface area contributed by atoms with E-state index in [1.807, 2.05) is 65.0 Å². The summed E-state index contributed by atoms with van der Waals surface area (Å²) in [7, 11) is -9.13. The Labute approximate surface area is 441 Å². The van der Waals surface area contributed by atoms with Crippen LogP contribution in [-0.4, -0.2) is 193 Å². The molecule has 422 valence electrons. The number of benzene rings is 2. The Hall–Kier alpha value is -4.75. The smallest absolute Gasteiger partial charge is 0.404 e. The average molecular weight is 1110 g/mol. The molecule has 1 unspecified atom stereocenters. The summed E-state index contributed by atoms with van der Waals surface area (Å²) in [4.78, 5) is 25.8. The Balaban J connectivity index is 0.995. The van der Waals surface area contributed by atoms with Crippen LogP contribution in [-0.2, 0) is 64.3 Å². The molecule has 0 radical (unpaired) electrons. The van der Waals surface area contributed by atoms with Gasteiger partial charge in [-0.3, -0.25) is 9.35 Å². The number of anilines is 1. The summed E-state index contributed by atoms with van der Waals surface area (Å²) in [6, 6.07) is 8.93. The van der Waals surface area contributed by atoms with Crippen molar-refractivity contribution in [3.63, 3.8) is 0 Å². The molecule has 0 spiro atoms. The summed E-state index contributed by atoms with van der Waals surface area (Å²) in [6.45, 7) is 9.46. The molecule has 2 amide bonds. The molecule has 0 saturated carbocycles. The average Bonchev–Trinajstić information content (AvgIpc) is 3.71. The first-order valence-electron chi connectivity index (χ1n) is 24.8. The van der Waals surface area contributed by atoms with Crippen molar-refractivity contribution in [2.45, 2.75) is 142 Å². The number of allylic oxidation sites excluding steroid dienone is 6. The van der Waals surface area contributed by atoms with Crippen molar-refractivity contribution in [2.75, 3.05) is 57.6 Å². The zero-order valence-corrected chi connectivity index (χ0v) is 44.5. The lowest BCUT2D eigenvalue weighted by molar-refractivity contribution is -0.438. The maximum atomic E-state index is 12.8. The molecule has 4 heterocycles. The Morgan fingerprint density at radius 1 is 0.816 bits per heavy atom. The van der Waals surface area contributed by atoms with Gasteiger partial charge in [-0.05, 0) is 75.6 Å². The van der Waals surface area contributed by atoms with Gasteiger partial charge in [-0.2, -0.15) is 13.0 Å². The molecule has 0 aliphatic carbocycles. The molecule has 4 aliphatic heterocycles. The molecule has 2 fully saturated rings. The number of aliphatic hydroxyl groups excluding tert-OH is 6. The summed E-state index contributed by atoms with van der Waals surface area (Å²) in [5, 5.41) is 64.8. The van der Waals surface area contributed by atoms with Gasteiger partial charge in [0.15, 0.2) is 24.4 Å². The van der Waals surface area contributed by atoms with Crippen molar-refractivity contribution in [3.8, 4) is 0 Å². The minimum Gasteiger partial charge on any atom is -0.744 e. The van der Waals surface area contributed by atoms with Crippen molar-refractivity contribution in [1.29, 1.82) is 0 Å². The second kappa shape index (κ2) is 25.4. The molecule has 4 aliphatic rings. The molecule has 2 aromatic carbocycles. The van der Waals surface area contributed by atoms with Gasteiger partial charge in [-0.15, -0.1) is 0 Å². The van der Waals surface area contributed by atoms with E-state index in [1.165, 1.54) is 24.3 Å². The molecule has 0 aromatic heterocycles. The molecule has 10 atom stereocenters. The molecule has 0 bridgehead atoms. The van der Waals surface area contributed by atoms with Gasteiger partial charge in [0.25, 0.3) is 10.1 Å². The third-order valence-corrected chi connectivity index (χ3v) is 15.6. The van der Waals surface area contributed by atoms with Crippen LogP contribution in [0, 0.1) is 0 Å². The van der Waals surface area contributed by atoms with Crippen LogP contribution in [0.15, 0.2) is 82.3 Å². The van der Waals surface area contributed by atoms with Gasteiger partial charge in [-0.1, -0.05) is 32.1 Å². The molecule has 76 heavy (non-hydrogen) atoms. The number of nitrogens with zero attached hydrogens (tertiary/aromatic N) is 2. The number of nitrogens with one attached hydrogen (secondary N) is 1. The largest absolute Gasteiger partial charge is 0.744 e. The fourth-order valence-corrected chi connectivity index (χ4v) is 10.9. The van der Waals surface area contributed by atoms with Crippen LogP contribution in [0.25, 0.3) is 0 Å². The van der Waals surface area contributed by atoms with Crippen LogP contribution in [0.2, 0.25) is 0 Å². The Kier molecular flexibility index (Phi) is 20.2. The van der Waals surface area contributed by atoms with E-state index in [2.05, 4.69) is 14.8 Å². The van der Waals surface area contributed by atoms with E-state index in [-0.39, 0.29) is 48.5 Å². The number of unbranched alkanes of at least 4 members (excludes halogenated alkanes) is 2. The lowest BCUT2D eigenvalue weighted by atomic mass is 9.81. The molecule has 2 aromatic rings. The van der Waals surface area contributed by atoms with Crippen LogP contribution in [0.4, 0.5) is 16.2 Å². The molecule has 26 heteroatoms. The Morgan fingerprint density at radius 3 is 2.14 bits per heavy atom. The van der Waals surface area contributed by atoms with E-state index in [9.17, 15) is 66.2 Å². The number of nitrogens with two attached hydrogens (primary N) is 1. The summed E-state index contributed by atoms with van der Waals surface area (Å²) < 4.78 is 105. The topological polar surface area (TPSA) is 367 Å². The van der Waals surface area contributed by atoms with Crippen LogP contribution < -0.4 is 16.0 Å². The Bertz CT molecular complexity index is 2750. The molecule has 24 nitrogen and oxygen atoms in total. The number of hydrogen-bond acceptors (Lipinski definition) is 20. The predicted octanol–water partition coefficient (Wildman–Crippen LogP) is 0.465. The van der Waals surface area contributed by atoms with Crippen molar-refractivity contribution >= 4 is 49.3 Å². The lowest BCUT2D eigenvalue weighted by Crippen LogP contribution is -2.65. The van der Waals surface area contributed by atoms with Gasteiger partial charge in [0.2, 0.25) is 11.6 Å². The second-order valence-electron chi connectivity index (χ2n) is 19.7. The van der Waals surface area contributed by atoms with Crippen molar-refractivity contribution in [2.24, 2.45) is 5.73 Å². The first-order valence-corrected chi connectivity index (χ1v) is 27.7. The van der Waals surface area contributed by atoms with E-state index in [4.69, 9.17) is 34.2 Å². The highest BCUT2D eigenvalue weighted by molar-refractivity contribution is 7.86. The zero-order valence-electron chi connectivity index (χ0n) is 42.8. The molecular formula is C50H70N4O20S2.